The summed E-state index contributed by atoms with van der Waals surface area (Å²) >= 11 is 3.44. The summed E-state index contributed by atoms with van der Waals surface area (Å²) in [5, 5.41) is 11.0. The van der Waals surface area contributed by atoms with Gasteiger partial charge in [0.05, 0.1) is 0 Å². The molecule has 0 amide bonds. The Morgan fingerprint density at radius 2 is 1.95 bits per heavy atom. The van der Waals surface area contributed by atoms with Crippen LogP contribution in [0, 0.1) is 12.7 Å². The van der Waals surface area contributed by atoms with E-state index in [1.165, 1.54) is 12.1 Å². The van der Waals surface area contributed by atoms with Gasteiger partial charge in [-0.05, 0) is 48.4 Å². The summed E-state index contributed by atoms with van der Waals surface area (Å²) in [6.45, 7) is 1.98. The Hall–Kier alpha value is -1.65. The highest BCUT2D eigenvalue weighted by Crippen LogP contribution is 2.30. The van der Waals surface area contributed by atoms with Gasteiger partial charge >= 0.3 is 0 Å². The third-order valence-corrected chi connectivity index (χ3v) is 4.13. The number of hydrogen-bond acceptors (Lipinski definition) is 2. The number of benzene rings is 2. The highest BCUT2D eigenvalue weighted by molar-refractivity contribution is 9.10. The lowest BCUT2D eigenvalue weighted by atomic mass is 10.1. The Labute approximate surface area is 124 Å². The van der Waals surface area contributed by atoms with Crippen molar-refractivity contribution in [3.63, 3.8) is 0 Å². The monoisotopic (exact) mass is 334 g/mol. The zero-order valence-electron chi connectivity index (χ0n) is 10.7. The van der Waals surface area contributed by atoms with Crippen molar-refractivity contribution in [1.82, 2.24) is 0 Å². The summed E-state index contributed by atoms with van der Waals surface area (Å²) in [6, 6.07) is 11.6. The number of aliphatic hydroxyl groups excluding tert-OH is 1. The van der Waals surface area contributed by atoms with E-state index in [2.05, 4.69) is 15.9 Å². The first kappa shape index (κ1) is 13.3. The molecule has 2 aromatic carbocycles. The van der Waals surface area contributed by atoms with E-state index in [9.17, 15) is 9.50 Å². The molecule has 0 aliphatic rings. The smallest absolute Gasteiger partial charge is 0.138 e. The molecule has 0 spiro atoms. The molecule has 4 heteroatoms. The standard InChI is InChI=1S/C16H12BrFO2/c1-9-2-3-10(7-13(9)17)16(19)15-8-11-6-12(18)4-5-14(11)20-15/h2-8,16,19H,1H3. The van der Waals surface area contributed by atoms with Crippen molar-refractivity contribution in [3.05, 3.63) is 69.6 Å². The molecule has 1 unspecified atom stereocenters. The average Bonchev–Trinajstić information content (AvgIpc) is 2.84. The van der Waals surface area contributed by atoms with Gasteiger partial charge in [0.1, 0.15) is 23.3 Å². The molecule has 3 aromatic rings. The number of fused-ring (bicyclic) bond motifs is 1. The van der Waals surface area contributed by atoms with Gasteiger partial charge in [-0.1, -0.05) is 28.1 Å². The fourth-order valence-corrected chi connectivity index (χ4v) is 2.51. The summed E-state index contributed by atoms with van der Waals surface area (Å²) in [5.74, 6) is 0.0822. The number of aryl methyl sites for hydroxylation is 1. The lowest BCUT2D eigenvalue weighted by molar-refractivity contribution is 0.192. The van der Waals surface area contributed by atoms with Gasteiger partial charge in [0.15, 0.2) is 0 Å². The van der Waals surface area contributed by atoms with Gasteiger partial charge in [-0.3, -0.25) is 0 Å². The van der Waals surface area contributed by atoms with Gasteiger partial charge < -0.3 is 9.52 Å². The molecule has 3 rings (SSSR count). The van der Waals surface area contributed by atoms with E-state index >= 15 is 0 Å². The summed E-state index contributed by atoms with van der Waals surface area (Å²) in [5.41, 5.74) is 2.38. The number of furan rings is 1. The van der Waals surface area contributed by atoms with Gasteiger partial charge in [0.25, 0.3) is 0 Å². The van der Waals surface area contributed by atoms with E-state index in [1.54, 1.807) is 12.1 Å². The molecule has 1 aromatic heterocycles. The molecule has 0 saturated heterocycles. The Kier molecular flexibility index (Phi) is 3.36. The van der Waals surface area contributed by atoms with Crippen molar-refractivity contribution in [2.75, 3.05) is 0 Å². The van der Waals surface area contributed by atoms with Crippen LogP contribution in [0.25, 0.3) is 11.0 Å². The van der Waals surface area contributed by atoms with Gasteiger partial charge in [0.2, 0.25) is 0 Å². The minimum atomic E-state index is -0.873. The van der Waals surface area contributed by atoms with Crippen LogP contribution in [-0.4, -0.2) is 5.11 Å². The first-order chi connectivity index (χ1) is 9.54. The predicted molar refractivity (Wildman–Crippen MR) is 79.1 cm³/mol. The second-order valence-electron chi connectivity index (χ2n) is 4.74. The number of hydrogen-bond donors (Lipinski definition) is 1. The minimum Gasteiger partial charge on any atom is -0.458 e. The van der Waals surface area contributed by atoms with E-state index in [-0.39, 0.29) is 5.82 Å². The van der Waals surface area contributed by atoms with E-state index in [4.69, 9.17) is 4.42 Å². The lowest BCUT2D eigenvalue weighted by Crippen LogP contribution is -1.98. The SMILES string of the molecule is Cc1ccc(C(O)c2cc3cc(F)ccc3o2)cc1Br. The van der Waals surface area contributed by atoms with Crippen LogP contribution >= 0.6 is 15.9 Å². The van der Waals surface area contributed by atoms with Crippen LogP contribution in [0.15, 0.2) is 51.4 Å². The number of rotatable bonds is 2. The third kappa shape index (κ3) is 2.37. The third-order valence-electron chi connectivity index (χ3n) is 3.28. The van der Waals surface area contributed by atoms with Crippen LogP contribution in [0.2, 0.25) is 0 Å². The fourth-order valence-electron chi connectivity index (χ4n) is 2.11. The van der Waals surface area contributed by atoms with Gasteiger partial charge in [-0.25, -0.2) is 4.39 Å². The van der Waals surface area contributed by atoms with Crippen molar-refractivity contribution in [1.29, 1.82) is 0 Å². The molecule has 1 atom stereocenters. The zero-order chi connectivity index (χ0) is 14.3. The second-order valence-corrected chi connectivity index (χ2v) is 5.60. The minimum absolute atomic E-state index is 0.322. The molecule has 0 fully saturated rings. The summed E-state index contributed by atoms with van der Waals surface area (Å²) < 4.78 is 19.7. The normalized spacial score (nSPS) is 12.8. The van der Waals surface area contributed by atoms with Crippen molar-refractivity contribution in [2.24, 2.45) is 0 Å². The molecule has 0 aliphatic heterocycles. The van der Waals surface area contributed by atoms with Crippen molar-refractivity contribution in [2.45, 2.75) is 13.0 Å². The van der Waals surface area contributed by atoms with Gasteiger partial charge in [-0.15, -0.1) is 0 Å². The maximum Gasteiger partial charge on any atom is 0.138 e. The molecule has 0 bridgehead atoms. The first-order valence-electron chi connectivity index (χ1n) is 6.18. The topological polar surface area (TPSA) is 33.4 Å². The van der Waals surface area contributed by atoms with Crippen LogP contribution in [0.5, 0.6) is 0 Å². The molecule has 2 nitrogen and oxygen atoms in total. The van der Waals surface area contributed by atoms with Gasteiger partial charge in [0, 0.05) is 9.86 Å². The summed E-state index contributed by atoms with van der Waals surface area (Å²) in [7, 11) is 0. The Balaban J connectivity index is 2.02. The quantitative estimate of drug-likeness (QED) is 0.735. The molecule has 20 heavy (non-hydrogen) atoms. The Morgan fingerprint density at radius 3 is 2.70 bits per heavy atom. The molecular formula is C16H12BrFO2. The van der Waals surface area contributed by atoms with Crippen molar-refractivity contribution >= 4 is 26.9 Å². The maximum absolute atomic E-state index is 13.2. The van der Waals surface area contributed by atoms with E-state index in [1.807, 2.05) is 25.1 Å². The maximum atomic E-state index is 13.2. The molecule has 1 heterocycles. The van der Waals surface area contributed by atoms with Gasteiger partial charge in [-0.2, -0.15) is 0 Å². The molecule has 1 N–H and O–H groups in total. The molecule has 0 radical (unpaired) electrons. The van der Waals surface area contributed by atoms with Crippen molar-refractivity contribution < 1.29 is 13.9 Å². The van der Waals surface area contributed by atoms with Crippen LogP contribution in [0.1, 0.15) is 23.0 Å². The highest BCUT2D eigenvalue weighted by Gasteiger charge is 2.16. The zero-order valence-corrected chi connectivity index (χ0v) is 12.3. The average molecular weight is 335 g/mol. The number of aliphatic hydroxyl groups is 1. The van der Waals surface area contributed by atoms with E-state index in [0.717, 1.165) is 15.6 Å². The van der Waals surface area contributed by atoms with Crippen LogP contribution in [0.4, 0.5) is 4.39 Å². The largest absolute Gasteiger partial charge is 0.458 e. The molecule has 0 aliphatic carbocycles. The molecule has 102 valence electrons. The molecule has 0 saturated carbocycles. The highest BCUT2D eigenvalue weighted by atomic mass is 79.9. The first-order valence-corrected chi connectivity index (χ1v) is 6.97. The second kappa shape index (κ2) is 5.04. The molecular weight excluding hydrogens is 323 g/mol. The van der Waals surface area contributed by atoms with E-state index < -0.39 is 6.10 Å². The fraction of sp³-hybridized carbons (Fsp3) is 0.125. The van der Waals surface area contributed by atoms with Crippen molar-refractivity contribution in [3.8, 4) is 0 Å². The van der Waals surface area contributed by atoms with Crippen LogP contribution in [0.3, 0.4) is 0 Å². The van der Waals surface area contributed by atoms with Crippen LogP contribution in [-0.2, 0) is 0 Å². The Bertz CT molecular complexity index is 779. The Morgan fingerprint density at radius 1 is 1.15 bits per heavy atom. The summed E-state index contributed by atoms with van der Waals surface area (Å²) in [6.07, 6.45) is -0.873. The number of halogens is 2. The lowest BCUT2D eigenvalue weighted by Gasteiger charge is -2.09. The van der Waals surface area contributed by atoms with Crippen LogP contribution < -0.4 is 0 Å². The summed E-state index contributed by atoms with van der Waals surface area (Å²) in [4.78, 5) is 0. The predicted octanol–water partition coefficient (Wildman–Crippen LogP) is 4.72. The van der Waals surface area contributed by atoms with E-state index in [0.29, 0.717) is 16.7 Å².